The first-order valence-electron chi connectivity index (χ1n) is 10.2. The molecule has 1 spiro atoms. The van der Waals surface area contributed by atoms with Crippen molar-refractivity contribution in [2.75, 3.05) is 16.8 Å². The summed E-state index contributed by atoms with van der Waals surface area (Å²) in [6.45, 7) is 1.94. The highest BCUT2D eigenvalue weighted by atomic mass is 35.5. The van der Waals surface area contributed by atoms with Gasteiger partial charge in [-0.05, 0) is 42.3 Å². The van der Waals surface area contributed by atoms with E-state index in [4.69, 9.17) is 11.6 Å². The zero-order chi connectivity index (χ0) is 23.2. The first-order valence-corrected chi connectivity index (χ1v) is 10.5. The van der Waals surface area contributed by atoms with Crippen LogP contribution in [0.5, 0.6) is 0 Å². The predicted octanol–water partition coefficient (Wildman–Crippen LogP) is 3.68. The molecule has 4 amide bonds. The SMILES string of the molecule is CCC[C@@H]1N(C)c2ccc([N+](=O)[O-])cc2C[C@@]12C(=O)NC(=O)N(c1ccc(Cl)cc1)C2=O. The summed E-state index contributed by atoms with van der Waals surface area (Å²) in [6.07, 6.45) is 1.14. The van der Waals surface area contributed by atoms with E-state index in [1.165, 1.54) is 24.3 Å². The van der Waals surface area contributed by atoms with Crippen LogP contribution in [-0.4, -0.2) is 35.9 Å². The van der Waals surface area contributed by atoms with Gasteiger partial charge in [0.2, 0.25) is 5.91 Å². The summed E-state index contributed by atoms with van der Waals surface area (Å²) in [6, 6.07) is 9.21. The first-order chi connectivity index (χ1) is 15.2. The summed E-state index contributed by atoms with van der Waals surface area (Å²) in [5.41, 5.74) is -0.249. The Bertz CT molecular complexity index is 1140. The minimum atomic E-state index is -1.62. The molecule has 166 valence electrons. The number of urea groups is 1. The largest absolute Gasteiger partial charge is 0.370 e. The molecule has 2 aromatic rings. The summed E-state index contributed by atoms with van der Waals surface area (Å²) in [5.74, 6) is -1.35. The van der Waals surface area contributed by atoms with Crippen molar-refractivity contribution in [1.82, 2.24) is 5.32 Å². The third-order valence-electron chi connectivity index (χ3n) is 6.22. The number of barbiturate groups is 1. The Balaban J connectivity index is 1.88. The van der Waals surface area contributed by atoms with E-state index >= 15 is 0 Å². The van der Waals surface area contributed by atoms with E-state index in [1.807, 2.05) is 11.8 Å². The van der Waals surface area contributed by atoms with E-state index < -0.39 is 34.2 Å². The number of amides is 4. The molecule has 2 heterocycles. The van der Waals surface area contributed by atoms with Crippen LogP contribution in [0, 0.1) is 15.5 Å². The molecule has 1 saturated heterocycles. The number of fused-ring (bicyclic) bond motifs is 1. The lowest BCUT2D eigenvalue weighted by Crippen LogP contribution is -2.72. The van der Waals surface area contributed by atoms with Crippen molar-refractivity contribution in [2.24, 2.45) is 5.41 Å². The van der Waals surface area contributed by atoms with Crippen molar-refractivity contribution in [3.8, 4) is 0 Å². The van der Waals surface area contributed by atoms with Crippen molar-refractivity contribution in [3.05, 3.63) is 63.2 Å². The standard InChI is InChI=1S/C22H21ClN4O5/c1-3-4-18-22(12-13-11-16(27(31)32)9-10-17(13)25(18)2)19(28)24-21(30)26(20(22)29)15-7-5-14(23)6-8-15/h5-11,18H,3-4,12H2,1-2H3,(H,24,28,30)/t18-,22-/m0/s1. The maximum absolute atomic E-state index is 13.9. The number of hydrogen-bond donors (Lipinski definition) is 1. The molecule has 32 heavy (non-hydrogen) atoms. The van der Waals surface area contributed by atoms with Crippen molar-refractivity contribution in [3.63, 3.8) is 0 Å². The molecular weight excluding hydrogens is 436 g/mol. The monoisotopic (exact) mass is 456 g/mol. The fourth-order valence-corrected chi connectivity index (χ4v) is 4.86. The smallest absolute Gasteiger partial charge is 0.335 e. The molecule has 2 atom stereocenters. The van der Waals surface area contributed by atoms with Crippen LogP contribution in [0.15, 0.2) is 42.5 Å². The van der Waals surface area contributed by atoms with Crippen molar-refractivity contribution in [1.29, 1.82) is 0 Å². The molecule has 0 bridgehead atoms. The molecule has 0 radical (unpaired) electrons. The lowest BCUT2D eigenvalue weighted by Gasteiger charge is -2.50. The van der Waals surface area contributed by atoms with Gasteiger partial charge in [-0.25, -0.2) is 9.69 Å². The summed E-state index contributed by atoms with van der Waals surface area (Å²) < 4.78 is 0. The van der Waals surface area contributed by atoms with Crippen LogP contribution >= 0.6 is 11.6 Å². The van der Waals surface area contributed by atoms with Crippen molar-refractivity contribution < 1.29 is 19.3 Å². The second kappa shape index (κ2) is 7.90. The van der Waals surface area contributed by atoms with Gasteiger partial charge < -0.3 is 4.90 Å². The normalized spacial score (nSPS) is 22.7. The minimum Gasteiger partial charge on any atom is -0.370 e. The molecular formula is C22H21ClN4O5. The Morgan fingerprint density at radius 3 is 2.50 bits per heavy atom. The average molecular weight is 457 g/mol. The average Bonchev–Trinajstić information content (AvgIpc) is 2.75. The van der Waals surface area contributed by atoms with E-state index in [-0.39, 0.29) is 17.8 Å². The van der Waals surface area contributed by atoms with E-state index in [2.05, 4.69) is 5.32 Å². The fourth-order valence-electron chi connectivity index (χ4n) is 4.73. The number of nitro benzene ring substituents is 1. The molecule has 2 aromatic carbocycles. The molecule has 0 unspecified atom stereocenters. The highest BCUT2D eigenvalue weighted by molar-refractivity contribution is 6.32. The second-order valence-corrected chi connectivity index (χ2v) is 8.45. The van der Waals surface area contributed by atoms with Crippen molar-refractivity contribution >= 4 is 46.5 Å². The summed E-state index contributed by atoms with van der Waals surface area (Å²) in [4.78, 5) is 53.5. The van der Waals surface area contributed by atoms with Crippen LogP contribution in [0.1, 0.15) is 25.3 Å². The maximum atomic E-state index is 13.9. The number of halogens is 1. The quantitative estimate of drug-likeness (QED) is 0.426. The fraction of sp³-hybridized carbons (Fsp3) is 0.318. The van der Waals surface area contributed by atoms with Gasteiger partial charge in [0, 0.05) is 36.3 Å². The third kappa shape index (κ3) is 3.20. The number of hydrogen-bond acceptors (Lipinski definition) is 6. The predicted molar refractivity (Wildman–Crippen MR) is 119 cm³/mol. The molecule has 0 saturated carbocycles. The lowest BCUT2D eigenvalue weighted by atomic mass is 9.67. The van der Waals surface area contributed by atoms with Gasteiger partial charge in [0.1, 0.15) is 0 Å². The van der Waals surface area contributed by atoms with Crippen LogP contribution in [0.2, 0.25) is 5.02 Å². The van der Waals surface area contributed by atoms with Crippen LogP contribution in [0.3, 0.4) is 0 Å². The maximum Gasteiger partial charge on any atom is 0.335 e. The molecule has 0 aromatic heterocycles. The zero-order valence-electron chi connectivity index (χ0n) is 17.5. The molecule has 9 nitrogen and oxygen atoms in total. The highest BCUT2D eigenvalue weighted by Crippen LogP contribution is 2.46. The number of imide groups is 2. The number of rotatable bonds is 4. The van der Waals surface area contributed by atoms with Gasteiger partial charge in [-0.15, -0.1) is 0 Å². The Morgan fingerprint density at radius 1 is 1.19 bits per heavy atom. The van der Waals surface area contributed by atoms with Crippen LogP contribution in [-0.2, 0) is 16.0 Å². The number of nitro groups is 1. The minimum absolute atomic E-state index is 0.0545. The molecule has 4 rings (SSSR count). The summed E-state index contributed by atoms with van der Waals surface area (Å²) in [7, 11) is 1.76. The number of carbonyl (C=O) groups is 3. The number of non-ortho nitro benzene ring substituents is 1. The number of nitrogens with zero attached hydrogens (tertiary/aromatic N) is 3. The van der Waals surface area contributed by atoms with Gasteiger partial charge in [0.25, 0.3) is 11.6 Å². The number of nitrogens with one attached hydrogen (secondary N) is 1. The number of anilines is 2. The zero-order valence-corrected chi connectivity index (χ0v) is 18.3. The van der Waals surface area contributed by atoms with E-state index in [9.17, 15) is 24.5 Å². The molecule has 2 aliphatic heterocycles. The van der Waals surface area contributed by atoms with E-state index in [0.717, 1.165) is 10.6 Å². The van der Waals surface area contributed by atoms with Gasteiger partial charge in [-0.2, -0.15) is 0 Å². The molecule has 0 aliphatic carbocycles. The summed E-state index contributed by atoms with van der Waals surface area (Å²) >= 11 is 5.95. The lowest BCUT2D eigenvalue weighted by molar-refractivity contribution is -0.384. The van der Waals surface area contributed by atoms with E-state index in [1.54, 1.807) is 25.2 Å². The molecule has 1 fully saturated rings. The highest BCUT2D eigenvalue weighted by Gasteiger charge is 2.61. The molecule has 10 heteroatoms. The van der Waals surface area contributed by atoms with Gasteiger partial charge >= 0.3 is 6.03 Å². The topological polar surface area (TPSA) is 113 Å². The molecule has 1 N–H and O–H groups in total. The Labute approximate surface area is 189 Å². The number of carbonyl (C=O) groups excluding carboxylic acids is 3. The molecule has 2 aliphatic rings. The number of benzene rings is 2. The van der Waals surface area contributed by atoms with Crippen molar-refractivity contribution in [2.45, 2.75) is 32.2 Å². The van der Waals surface area contributed by atoms with Gasteiger partial charge in [-0.1, -0.05) is 24.9 Å². The van der Waals surface area contributed by atoms with Crippen LogP contribution in [0.4, 0.5) is 21.9 Å². The Hall–Kier alpha value is -3.46. The second-order valence-electron chi connectivity index (χ2n) is 8.01. The van der Waals surface area contributed by atoms with Gasteiger partial charge in [0.05, 0.1) is 16.7 Å². The van der Waals surface area contributed by atoms with E-state index in [0.29, 0.717) is 23.4 Å². The van der Waals surface area contributed by atoms with Gasteiger partial charge in [0.15, 0.2) is 5.41 Å². The third-order valence-corrected chi connectivity index (χ3v) is 6.47. The Kier molecular flexibility index (Phi) is 5.37. The van der Waals surface area contributed by atoms with Gasteiger partial charge in [-0.3, -0.25) is 25.0 Å². The van der Waals surface area contributed by atoms with Crippen LogP contribution < -0.4 is 15.1 Å². The van der Waals surface area contributed by atoms with Crippen LogP contribution in [0.25, 0.3) is 0 Å². The Morgan fingerprint density at radius 2 is 1.88 bits per heavy atom. The summed E-state index contributed by atoms with van der Waals surface area (Å²) in [5, 5.41) is 14.1. The first kappa shape index (κ1) is 21.8.